The average Bonchev–Trinajstić information content (AvgIpc) is 3.39. The molecule has 3 aromatic carbocycles. The molecule has 0 spiro atoms. The highest BCUT2D eigenvalue weighted by Gasteiger charge is 2.60. The number of H-pyrrole nitrogens is 1. The van der Waals surface area contributed by atoms with Gasteiger partial charge in [0.2, 0.25) is 0 Å². The number of hydrogen-bond acceptors (Lipinski definition) is 4. The van der Waals surface area contributed by atoms with Crippen molar-refractivity contribution < 1.29 is 19.1 Å². The maximum atomic E-state index is 14.1. The largest absolute Gasteiger partial charge is 0.496 e. The summed E-state index contributed by atoms with van der Waals surface area (Å²) in [5.74, 6) is 1.00. The minimum Gasteiger partial charge on any atom is -0.496 e. The van der Waals surface area contributed by atoms with Gasteiger partial charge in [-0.05, 0) is 55.8 Å². The van der Waals surface area contributed by atoms with Crippen molar-refractivity contribution in [2.24, 2.45) is 0 Å². The predicted octanol–water partition coefficient (Wildman–Crippen LogP) is 5.40. The molecule has 1 unspecified atom stereocenters. The van der Waals surface area contributed by atoms with Gasteiger partial charge in [0, 0.05) is 28.9 Å². The first kappa shape index (κ1) is 22.2. The molecule has 7 nitrogen and oxygen atoms in total. The van der Waals surface area contributed by atoms with Crippen LogP contribution in [0.4, 0.5) is 10.5 Å². The number of carbonyl (C=O) groups is 2. The van der Waals surface area contributed by atoms with Gasteiger partial charge in [-0.25, -0.2) is 9.69 Å². The quantitative estimate of drug-likeness (QED) is 0.387. The van der Waals surface area contributed by atoms with Crippen LogP contribution in [0.1, 0.15) is 36.6 Å². The zero-order valence-corrected chi connectivity index (χ0v) is 20.4. The fourth-order valence-electron chi connectivity index (χ4n) is 5.71. The van der Waals surface area contributed by atoms with Crippen molar-refractivity contribution in [3.63, 3.8) is 0 Å². The Morgan fingerprint density at radius 3 is 2.47 bits per heavy atom. The molecule has 0 radical (unpaired) electrons. The molecule has 0 saturated carbocycles. The number of anilines is 1. The Labute approximate surface area is 209 Å². The molecule has 1 saturated heterocycles. The van der Waals surface area contributed by atoms with Gasteiger partial charge in [-0.1, -0.05) is 36.4 Å². The number of methoxy groups -OCH3 is 1. The minimum absolute atomic E-state index is 0.169. The van der Waals surface area contributed by atoms with Crippen molar-refractivity contribution in [1.29, 1.82) is 0 Å². The second kappa shape index (κ2) is 8.16. The van der Waals surface area contributed by atoms with Crippen LogP contribution in [0.5, 0.6) is 11.5 Å². The molecule has 0 bridgehead atoms. The zero-order valence-electron chi connectivity index (χ0n) is 20.4. The summed E-state index contributed by atoms with van der Waals surface area (Å²) in [6.07, 6.45) is 0. The van der Waals surface area contributed by atoms with Crippen LogP contribution in [0.25, 0.3) is 10.9 Å². The van der Waals surface area contributed by atoms with Crippen molar-refractivity contribution in [1.82, 2.24) is 9.88 Å². The topological polar surface area (TPSA) is 74.9 Å². The van der Waals surface area contributed by atoms with E-state index in [4.69, 9.17) is 9.47 Å². The number of amides is 3. The van der Waals surface area contributed by atoms with E-state index < -0.39 is 5.54 Å². The number of carbonyl (C=O) groups excluding carboxylic acids is 2. The van der Waals surface area contributed by atoms with Crippen molar-refractivity contribution in [3.05, 3.63) is 89.6 Å². The fraction of sp³-hybridized carbons (Fsp3) is 0.241. The summed E-state index contributed by atoms with van der Waals surface area (Å²) in [6.45, 7) is 4.65. The first-order valence-corrected chi connectivity index (χ1v) is 12.1. The molecule has 2 aliphatic heterocycles. The number of benzene rings is 3. The summed E-state index contributed by atoms with van der Waals surface area (Å²) in [7, 11) is 1.65. The van der Waals surface area contributed by atoms with E-state index in [1.165, 1.54) is 4.90 Å². The SMILES string of the molecule is CCOc1ccc(N2C(=O)N3CC(c4ccccc4OC)c4c([nH]c5ccccc45)[C@@]3(C)C2=O)cc1. The number of nitrogens with zero attached hydrogens (tertiary/aromatic N) is 2. The normalized spacial score (nSPS) is 21.0. The van der Waals surface area contributed by atoms with E-state index in [2.05, 4.69) is 11.1 Å². The van der Waals surface area contributed by atoms with Crippen LogP contribution < -0.4 is 14.4 Å². The van der Waals surface area contributed by atoms with Crippen LogP contribution in [-0.2, 0) is 10.3 Å². The Morgan fingerprint density at radius 2 is 1.72 bits per heavy atom. The number of hydrogen-bond donors (Lipinski definition) is 1. The van der Waals surface area contributed by atoms with E-state index in [0.717, 1.165) is 33.5 Å². The summed E-state index contributed by atoms with van der Waals surface area (Å²) >= 11 is 0. The van der Waals surface area contributed by atoms with Gasteiger partial charge in [-0.3, -0.25) is 4.79 Å². The molecule has 2 atom stereocenters. The smallest absolute Gasteiger partial charge is 0.332 e. The maximum absolute atomic E-state index is 14.1. The lowest BCUT2D eigenvalue weighted by Crippen LogP contribution is -2.50. The number of imide groups is 1. The molecule has 1 N–H and O–H groups in total. The number of aromatic amines is 1. The van der Waals surface area contributed by atoms with Gasteiger partial charge >= 0.3 is 6.03 Å². The van der Waals surface area contributed by atoms with Gasteiger partial charge in [-0.15, -0.1) is 0 Å². The Morgan fingerprint density at radius 1 is 1.00 bits per heavy atom. The second-order valence-corrected chi connectivity index (χ2v) is 9.29. The summed E-state index contributed by atoms with van der Waals surface area (Å²) in [4.78, 5) is 34.4. The first-order valence-electron chi connectivity index (χ1n) is 12.1. The van der Waals surface area contributed by atoms with Crippen molar-refractivity contribution in [2.75, 3.05) is 25.2 Å². The Bertz CT molecular complexity index is 1490. The molecule has 1 aromatic heterocycles. The lowest BCUT2D eigenvalue weighted by atomic mass is 9.78. The molecule has 0 aliphatic carbocycles. The van der Waals surface area contributed by atoms with E-state index in [-0.39, 0.29) is 17.9 Å². The molecule has 2 aliphatic rings. The van der Waals surface area contributed by atoms with Gasteiger partial charge in [0.1, 0.15) is 11.5 Å². The number of nitrogens with one attached hydrogen (secondary N) is 1. The van der Waals surface area contributed by atoms with Crippen molar-refractivity contribution in [3.8, 4) is 11.5 Å². The van der Waals surface area contributed by atoms with Gasteiger partial charge < -0.3 is 19.4 Å². The molecule has 182 valence electrons. The van der Waals surface area contributed by atoms with Gasteiger partial charge in [0.15, 0.2) is 5.54 Å². The third kappa shape index (κ3) is 2.98. The zero-order chi connectivity index (χ0) is 25.0. The number of rotatable bonds is 5. The van der Waals surface area contributed by atoms with Crippen LogP contribution in [0, 0.1) is 0 Å². The molecule has 4 aromatic rings. The van der Waals surface area contributed by atoms with E-state index >= 15 is 0 Å². The Kier molecular flexibility index (Phi) is 5.03. The van der Waals surface area contributed by atoms with Gasteiger partial charge in [0.25, 0.3) is 5.91 Å². The van der Waals surface area contributed by atoms with Crippen LogP contribution in [-0.4, -0.2) is 42.1 Å². The summed E-state index contributed by atoms with van der Waals surface area (Å²) in [5, 5.41) is 1.05. The minimum atomic E-state index is -1.16. The maximum Gasteiger partial charge on any atom is 0.332 e. The number of para-hydroxylation sites is 2. The summed E-state index contributed by atoms with van der Waals surface area (Å²) in [5.41, 5.74) is 3.05. The molecular formula is C29H27N3O4. The lowest BCUT2D eigenvalue weighted by molar-refractivity contribution is -0.125. The number of fused-ring (bicyclic) bond motifs is 5. The molecule has 1 fully saturated rings. The van der Waals surface area contributed by atoms with E-state index in [1.807, 2.05) is 56.3 Å². The van der Waals surface area contributed by atoms with Crippen LogP contribution in [0.15, 0.2) is 72.8 Å². The monoisotopic (exact) mass is 481 g/mol. The van der Waals surface area contributed by atoms with Crippen LogP contribution in [0.2, 0.25) is 0 Å². The molecule has 7 heteroatoms. The van der Waals surface area contributed by atoms with Crippen molar-refractivity contribution in [2.45, 2.75) is 25.3 Å². The highest BCUT2D eigenvalue weighted by molar-refractivity contribution is 6.23. The van der Waals surface area contributed by atoms with E-state index in [9.17, 15) is 9.59 Å². The molecule has 36 heavy (non-hydrogen) atoms. The van der Waals surface area contributed by atoms with Crippen LogP contribution >= 0.6 is 0 Å². The fourth-order valence-corrected chi connectivity index (χ4v) is 5.71. The van der Waals surface area contributed by atoms with E-state index in [0.29, 0.717) is 24.6 Å². The van der Waals surface area contributed by atoms with Gasteiger partial charge in [-0.2, -0.15) is 0 Å². The highest BCUT2D eigenvalue weighted by Crippen LogP contribution is 2.51. The lowest BCUT2D eigenvalue weighted by Gasteiger charge is -2.40. The van der Waals surface area contributed by atoms with Crippen molar-refractivity contribution >= 4 is 28.5 Å². The van der Waals surface area contributed by atoms with Crippen LogP contribution in [0.3, 0.4) is 0 Å². The average molecular weight is 482 g/mol. The Hall–Kier alpha value is -4.26. The summed E-state index contributed by atoms with van der Waals surface area (Å²) in [6, 6.07) is 22.7. The third-order valence-corrected chi connectivity index (χ3v) is 7.45. The molecule has 3 heterocycles. The number of aromatic nitrogens is 1. The third-order valence-electron chi connectivity index (χ3n) is 7.45. The highest BCUT2D eigenvalue weighted by atomic mass is 16.5. The van der Waals surface area contributed by atoms with E-state index in [1.54, 1.807) is 36.3 Å². The van der Waals surface area contributed by atoms with Gasteiger partial charge in [0.05, 0.1) is 25.1 Å². The molecular weight excluding hydrogens is 454 g/mol. The molecule has 3 amide bonds. The second-order valence-electron chi connectivity index (χ2n) is 9.29. The molecule has 6 rings (SSSR count). The first-order chi connectivity index (χ1) is 17.5. The predicted molar refractivity (Wildman–Crippen MR) is 138 cm³/mol. The number of urea groups is 1. The standard InChI is InChI=1S/C29H27N3O4/c1-4-36-19-15-13-18(14-16-19)32-27(33)29(2)26-25(21-10-5-7-11-23(21)30-26)22(17-31(29)28(32)34)20-9-6-8-12-24(20)35-3/h5-16,22,30H,4,17H2,1-3H3/t22?,29-/m0/s1. The number of ether oxygens (including phenoxy) is 2. The Balaban J connectivity index is 1.54. The summed E-state index contributed by atoms with van der Waals surface area (Å²) < 4.78 is 11.2.